The maximum atomic E-state index is 10.9. The Morgan fingerprint density at radius 2 is 1.76 bits per heavy atom. The summed E-state index contributed by atoms with van der Waals surface area (Å²) in [5, 5.41) is 8.90. The number of carbonyl (C=O) groups is 1. The molecule has 0 atom stereocenters. The van der Waals surface area contributed by atoms with Crippen molar-refractivity contribution in [3.8, 4) is 0 Å². The molecule has 0 saturated carbocycles. The summed E-state index contributed by atoms with van der Waals surface area (Å²) in [7, 11) is 0. The Kier molecular flexibility index (Phi) is 3.31. The molecule has 0 amide bonds. The van der Waals surface area contributed by atoms with Gasteiger partial charge in [0.2, 0.25) is 0 Å². The first-order valence-corrected chi connectivity index (χ1v) is 5.19. The van der Waals surface area contributed by atoms with E-state index in [0.717, 1.165) is 5.56 Å². The zero-order valence-corrected chi connectivity index (χ0v) is 9.08. The van der Waals surface area contributed by atoms with Crippen molar-refractivity contribution in [2.75, 3.05) is 0 Å². The standard InChI is InChI=1S/C14H11NO2/c16-14(17)10-12(11-6-2-1-3-7-11)13-8-4-5-9-15-13/h1-10H,(H,16,17)/b12-10+. The summed E-state index contributed by atoms with van der Waals surface area (Å²) in [4.78, 5) is 15.0. The first-order valence-electron chi connectivity index (χ1n) is 5.19. The van der Waals surface area contributed by atoms with E-state index in [0.29, 0.717) is 11.3 Å². The topological polar surface area (TPSA) is 50.2 Å². The fraction of sp³-hybridized carbons (Fsp3) is 0. The summed E-state index contributed by atoms with van der Waals surface area (Å²) in [6.07, 6.45) is 2.83. The number of nitrogens with zero attached hydrogens (tertiary/aromatic N) is 1. The summed E-state index contributed by atoms with van der Waals surface area (Å²) < 4.78 is 0. The molecule has 2 rings (SSSR count). The highest BCUT2D eigenvalue weighted by Crippen LogP contribution is 2.20. The smallest absolute Gasteiger partial charge is 0.329 e. The third kappa shape index (κ3) is 2.78. The fourth-order valence-corrected chi connectivity index (χ4v) is 1.57. The van der Waals surface area contributed by atoms with Crippen molar-refractivity contribution in [2.24, 2.45) is 0 Å². The van der Waals surface area contributed by atoms with E-state index in [4.69, 9.17) is 5.11 Å². The van der Waals surface area contributed by atoms with Crippen LogP contribution >= 0.6 is 0 Å². The molecule has 0 aliphatic rings. The lowest BCUT2D eigenvalue weighted by Gasteiger charge is -2.05. The Hall–Kier alpha value is -2.42. The van der Waals surface area contributed by atoms with Gasteiger partial charge in [-0.25, -0.2) is 4.79 Å². The molecule has 84 valence electrons. The first kappa shape index (κ1) is 11.1. The van der Waals surface area contributed by atoms with Crippen LogP contribution in [0.2, 0.25) is 0 Å². The predicted molar refractivity (Wildman–Crippen MR) is 65.4 cm³/mol. The zero-order valence-electron chi connectivity index (χ0n) is 9.08. The fourth-order valence-electron chi connectivity index (χ4n) is 1.57. The van der Waals surface area contributed by atoms with Crippen molar-refractivity contribution in [3.63, 3.8) is 0 Å². The lowest BCUT2D eigenvalue weighted by Crippen LogP contribution is -1.96. The van der Waals surface area contributed by atoms with E-state index in [-0.39, 0.29) is 0 Å². The maximum Gasteiger partial charge on any atom is 0.329 e. The van der Waals surface area contributed by atoms with Crippen molar-refractivity contribution < 1.29 is 9.90 Å². The Morgan fingerprint density at radius 3 is 2.35 bits per heavy atom. The minimum Gasteiger partial charge on any atom is -0.478 e. The van der Waals surface area contributed by atoms with Crippen LogP contribution in [0.3, 0.4) is 0 Å². The van der Waals surface area contributed by atoms with Gasteiger partial charge in [-0.1, -0.05) is 36.4 Å². The van der Waals surface area contributed by atoms with Crippen LogP contribution in [0.15, 0.2) is 60.8 Å². The predicted octanol–water partition coefficient (Wildman–Crippen LogP) is 2.60. The average Bonchev–Trinajstić information content (AvgIpc) is 2.38. The molecule has 0 unspecified atom stereocenters. The second-order valence-corrected chi connectivity index (χ2v) is 3.48. The number of aliphatic carboxylic acids is 1. The van der Waals surface area contributed by atoms with Gasteiger partial charge in [0.15, 0.2) is 0 Å². The van der Waals surface area contributed by atoms with Gasteiger partial charge in [-0.3, -0.25) is 4.98 Å². The summed E-state index contributed by atoms with van der Waals surface area (Å²) in [6, 6.07) is 14.8. The van der Waals surface area contributed by atoms with E-state index < -0.39 is 5.97 Å². The summed E-state index contributed by atoms with van der Waals surface area (Å²) in [5.41, 5.74) is 2.11. The summed E-state index contributed by atoms with van der Waals surface area (Å²) >= 11 is 0. The number of hydrogen-bond acceptors (Lipinski definition) is 2. The Morgan fingerprint density at radius 1 is 1.06 bits per heavy atom. The number of rotatable bonds is 3. The molecule has 2 aromatic rings. The third-order valence-corrected chi connectivity index (χ3v) is 2.29. The molecule has 0 saturated heterocycles. The van der Waals surface area contributed by atoms with Gasteiger partial charge < -0.3 is 5.11 Å². The Bertz CT molecular complexity index is 491. The quantitative estimate of drug-likeness (QED) is 0.817. The van der Waals surface area contributed by atoms with E-state index in [9.17, 15) is 4.79 Å². The lowest BCUT2D eigenvalue weighted by molar-refractivity contribution is -0.131. The molecular formula is C14H11NO2. The van der Waals surface area contributed by atoms with Crippen LogP contribution in [-0.2, 0) is 4.79 Å². The van der Waals surface area contributed by atoms with E-state index in [1.54, 1.807) is 18.3 Å². The van der Waals surface area contributed by atoms with Gasteiger partial charge in [0, 0.05) is 17.8 Å². The summed E-state index contributed by atoms with van der Waals surface area (Å²) in [6.45, 7) is 0. The SMILES string of the molecule is O=C(O)/C=C(\c1ccccc1)c1ccccn1. The van der Waals surface area contributed by atoms with Gasteiger partial charge in [-0.15, -0.1) is 0 Å². The average molecular weight is 225 g/mol. The van der Waals surface area contributed by atoms with E-state index in [1.807, 2.05) is 36.4 Å². The Balaban J connectivity index is 2.51. The van der Waals surface area contributed by atoms with Crippen molar-refractivity contribution in [1.29, 1.82) is 0 Å². The number of hydrogen-bond donors (Lipinski definition) is 1. The van der Waals surface area contributed by atoms with Gasteiger partial charge in [0.1, 0.15) is 0 Å². The highest BCUT2D eigenvalue weighted by molar-refractivity contribution is 5.94. The monoisotopic (exact) mass is 225 g/mol. The number of carboxylic acids is 1. The molecule has 3 heteroatoms. The molecule has 0 bridgehead atoms. The molecule has 0 aliphatic heterocycles. The van der Waals surface area contributed by atoms with E-state index in [2.05, 4.69) is 4.98 Å². The normalized spacial score (nSPS) is 11.2. The zero-order chi connectivity index (χ0) is 12.1. The third-order valence-electron chi connectivity index (χ3n) is 2.29. The highest BCUT2D eigenvalue weighted by atomic mass is 16.4. The molecule has 0 aliphatic carbocycles. The van der Waals surface area contributed by atoms with Crippen LogP contribution in [0.1, 0.15) is 11.3 Å². The van der Waals surface area contributed by atoms with Gasteiger partial charge in [-0.05, 0) is 17.7 Å². The first-order chi connectivity index (χ1) is 8.27. The molecule has 0 radical (unpaired) electrons. The van der Waals surface area contributed by atoms with Crippen molar-refractivity contribution in [2.45, 2.75) is 0 Å². The van der Waals surface area contributed by atoms with E-state index >= 15 is 0 Å². The number of benzene rings is 1. The van der Waals surface area contributed by atoms with Gasteiger partial charge >= 0.3 is 5.97 Å². The van der Waals surface area contributed by atoms with Crippen molar-refractivity contribution in [3.05, 3.63) is 72.1 Å². The molecule has 0 fully saturated rings. The van der Waals surface area contributed by atoms with Gasteiger partial charge in [-0.2, -0.15) is 0 Å². The molecule has 1 N–H and O–H groups in total. The molecule has 1 aromatic carbocycles. The van der Waals surface area contributed by atoms with Crippen LogP contribution in [0.5, 0.6) is 0 Å². The second kappa shape index (κ2) is 5.07. The van der Waals surface area contributed by atoms with Crippen molar-refractivity contribution in [1.82, 2.24) is 4.98 Å². The van der Waals surface area contributed by atoms with Crippen LogP contribution in [0.4, 0.5) is 0 Å². The maximum absolute atomic E-state index is 10.9. The molecule has 0 spiro atoms. The molecule has 1 heterocycles. The molecular weight excluding hydrogens is 214 g/mol. The highest BCUT2D eigenvalue weighted by Gasteiger charge is 2.07. The van der Waals surface area contributed by atoms with Gasteiger partial charge in [0.05, 0.1) is 5.69 Å². The summed E-state index contributed by atoms with van der Waals surface area (Å²) in [5.74, 6) is -0.977. The number of aromatic nitrogens is 1. The van der Waals surface area contributed by atoms with Crippen molar-refractivity contribution >= 4 is 11.5 Å². The van der Waals surface area contributed by atoms with E-state index in [1.165, 1.54) is 6.08 Å². The van der Waals surface area contributed by atoms with Gasteiger partial charge in [0.25, 0.3) is 0 Å². The largest absolute Gasteiger partial charge is 0.478 e. The minimum absolute atomic E-state index is 0.610. The minimum atomic E-state index is -0.977. The van der Waals surface area contributed by atoms with Crippen LogP contribution in [-0.4, -0.2) is 16.1 Å². The lowest BCUT2D eigenvalue weighted by atomic mass is 10.0. The van der Waals surface area contributed by atoms with Crippen LogP contribution in [0.25, 0.3) is 5.57 Å². The molecule has 3 nitrogen and oxygen atoms in total. The second-order valence-electron chi connectivity index (χ2n) is 3.48. The molecule has 17 heavy (non-hydrogen) atoms. The van der Waals surface area contributed by atoms with Crippen LogP contribution < -0.4 is 0 Å². The molecule has 1 aromatic heterocycles. The number of pyridine rings is 1. The number of carboxylic acid groups (broad SMARTS) is 1. The Labute approximate surface area is 99.1 Å². The van der Waals surface area contributed by atoms with Crippen LogP contribution in [0, 0.1) is 0 Å².